The van der Waals surface area contributed by atoms with E-state index in [4.69, 9.17) is 14.3 Å². The van der Waals surface area contributed by atoms with Crippen molar-refractivity contribution in [2.75, 3.05) is 26.2 Å². The van der Waals surface area contributed by atoms with E-state index in [2.05, 4.69) is 4.90 Å². The van der Waals surface area contributed by atoms with Crippen LogP contribution >= 0.6 is 0 Å². The molecule has 0 amide bonds. The SMILES string of the molecule is O=C(O)c1cc2cccc(OCCN3CCCCC3)c2o1. The molecule has 1 aromatic carbocycles. The number of likely N-dealkylation sites (tertiary alicyclic amines) is 1. The topological polar surface area (TPSA) is 62.9 Å². The number of piperidine rings is 1. The molecule has 0 saturated carbocycles. The Morgan fingerprint density at radius 2 is 2.10 bits per heavy atom. The maximum absolute atomic E-state index is 11.0. The maximum Gasteiger partial charge on any atom is 0.371 e. The minimum Gasteiger partial charge on any atom is -0.488 e. The van der Waals surface area contributed by atoms with Crippen LogP contribution < -0.4 is 4.74 Å². The molecule has 1 fully saturated rings. The molecule has 1 aromatic heterocycles. The smallest absolute Gasteiger partial charge is 0.371 e. The molecular weight excluding hydrogens is 270 g/mol. The first-order valence-corrected chi connectivity index (χ1v) is 7.35. The number of benzene rings is 1. The number of hydrogen-bond donors (Lipinski definition) is 1. The Morgan fingerprint density at radius 1 is 1.29 bits per heavy atom. The summed E-state index contributed by atoms with van der Waals surface area (Å²) >= 11 is 0. The van der Waals surface area contributed by atoms with Crippen molar-refractivity contribution in [2.45, 2.75) is 19.3 Å². The molecule has 5 nitrogen and oxygen atoms in total. The molecule has 1 N–H and O–H groups in total. The Morgan fingerprint density at radius 3 is 2.86 bits per heavy atom. The van der Waals surface area contributed by atoms with Gasteiger partial charge in [0.05, 0.1) is 0 Å². The average molecular weight is 289 g/mol. The average Bonchev–Trinajstić information content (AvgIpc) is 2.94. The third kappa shape index (κ3) is 3.19. The standard InChI is InChI=1S/C16H19NO4/c18-16(19)14-11-12-5-4-6-13(15(12)21-14)20-10-9-17-7-2-1-3-8-17/h4-6,11H,1-3,7-10H2,(H,18,19). The summed E-state index contributed by atoms with van der Waals surface area (Å²) < 4.78 is 11.2. The van der Waals surface area contributed by atoms with Gasteiger partial charge in [-0.3, -0.25) is 4.90 Å². The molecule has 112 valence electrons. The summed E-state index contributed by atoms with van der Waals surface area (Å²) in [5.41, 5.74) is 0.508. The molecular formula is C16H19NO4. The van der Waals surface area contributed by atoms with Crippen LogP contribution in [-0.4, -0.2) is 42.2 Å². The van der Waals surface area contributed by atoms with Crippen molar-refractivity contribution < 1.29 is 19.1 Å². The van der Waals surface area contributed by atoms with Gasteiger partial charge < -0.3 is 14.3 Å². The molecule has 0 spiro atoms. The van der Waals surface area contributed by atoms with Gasteiger partial charge in [-0.15, -0.1) is 0 Å². The van der Waals surface area contributed by atoms with Crippen LogP contribution in [0.2, 0.25) is 0 Å². The van der Waals surface area contributed by atoms with Crippen LogP contribution in [0.3, 0.4) is 0 Å². The van der Waals surface area contributed by atoms with Gasteiger partial charge in [0.1, 0.15) is 6.61 Å². The lowest BCUT2D eigenvalue weighted by Gasteiger charge is -2.26. The van der Waals surface area contributed by atoms with E-state index in [1.54, 1.807) is 0 Å². The fraction of sp³-hybridized carbons (Fsp3) is 0.438. The van der Waals surface area contributed by atoms with Gasteiger partial charge in [-0.25, -0.2) is 4.79 Å². The first kappa shape index (κ1) is 13.9. The van der Waals surface area contributed by atoms with Crippen molar-refractivity contribution in [3.05, 3.63) is 30.0 Å². The summed E-state index contributed by atoms with van der Waals surface area (Å²) in [7, 11) is 0. The number of carbonyl (C=O) groups is 1. The van der Waals surface area contributed by atoms with Crippen LogP contribution in [-0.2, 0) is 0 Å². The molecule has 5 heteroatoms. The van der Waals surface area contributed by atoms with E-state index in [-0.39, 0.29) is 5.76 Å². The number of para-hydroxylation sites is 1. The van der Waals surface area contributed by atoms with E-state index in [1.165, 1.54) is 25.3 Å². The summed E-state index contributed by atoms with van der Waals surface area (Å²) in [5.74, 6) is -0.514. The third-order valence-corrected chi connectivity index (χ3v) is 3.83. The molecule has 3 rings (SSSR count). The Kier molecular flexibility index (Phi) is 4.10. The van der Waals surface area contributed by atoms with E-state index in [0.29, 0.717) is 17.9 Å². The van der Waals surface area contributed by atoms with E-state index in [9.17, 15) is 4.79 Å². The molecule has 2 aromatic rings. The number of aromatic carboxylic acids is 1. The number of hydrogen-bond acceptors (Lipinski definition) is 4. The zero-order valence-electron chi connectivity index (χ0n) is 11.9. The Labute approximate surface area is 123 Å². The molecule has 0 radical (unpaired) electrons. The molecule has 0 aliphatic carbocycles. The summed E-state index contributed by atoms with van der Waals surface area (Å²) in [6.45, 7) is 3.75. The number of fused-ring (bicyclic) bond motifs is 1. The van der Waals surface area contributed by atoms with E-state index >= 15 is 0 Å². The van der Waals surface area contributed by atoms with Crippen molar-refractivity contribution in [3.63, 3.8) is 0 Å². The molecule has 2 heterocycles. The van der Waals surface area contributed by atoms with Crippen LogP contribution in [0, 0.1) is 0 Å². The van der Waals surface area contributed by atoms with Gasteiger partial charge >= 0.3 is 5.97 Å². The number of rotatable bonds is 5. The molecule has 1 aliphatic heterocycles. The maximum atomic E-state index is 11.0. The van der Waals surface area contributed by atoms with Crippen LogP contribution in [0.1, 0.15) is 29.8 Å². The van der Waals surface area contributed by atoms with Crippen LogP contribution in [0.25, 0.3) is 11.0 Å². The number of ether oxygens (including phenoxy) is 1. The van der Waals surface area contributed by atoms with E-state index in [0.717, 1.165) is 25.0 Å². The monoisotopic (exact) mass is 289 g/mol. The van der Waals surface area contributed by atoms with Gasteiger partial charge in [-0.1, -0.05) is 18.6 Å². The lowest BCUT2D eigenvalue weighted by atomic mass is 10.1. The van der Waals surface area contributed by atoms with Crippen molar-refractivity contribution in [1.82, 2.24) is 4.90 Å². The van der Waals surface area contributed by atoms with Crippen LogP contribution in [0.5, 0.6) is 5.75 Å². The second-order valence-electron chi connectivity index (χ2n) is 5.34. The largest absolute Gasteiger partial charge is 0.488 e. The zero-order chi connectivity index (χ0) is 14.7. The van der Waals surface area contributed by atoms with Crippen molar-refractivity contribution in [3.8, 4) is 5.75 Å². The lowest BCUT2D eigenvalue weighted by molar-refractivity contribution is 0.0665. The highest BCUT2D eigenvalue weighted by molar-refractivity contribution is 5.93. The van der Waals surface area contributed by atoms with E-state index < -0.39 is 5.97 Å². The van der Waals surface area contributed by atoms with Gasteiger partial charge in [0, 0.05) is 11.9 Å². The Hall–Kier alpha value is -2.01. The highest BCUT2D eigenvalue weighted by Crippen LogP contribution is 2.28. The van der Waals surface area contributed by atoms with Gasteiger partial charge in [0.25, 0.3) is 0 Å². The molecule has 0 bridgehead atoms. The van der Waals surface area contributed by atoms with Gasteiger partial charge in [-0.2, -0.15) is 0 Å². The molecule has 1 saturated heterocycles. The van der Waals surface area contributed by atoms with Crippen LogP contribution in [0.4, 0.5) is 0 Å². The summed E-state index contributed by atoms with van der Waals surface area (Å²) in [4.78, 5) is 13.4. The molecule has 21 heavy (non-hydrogen) atoms. The number of nitrogens with zero attached hydrogens (tertiary/aromatic N) is 1. The predicted octanol–water partition coefficient (Wildman–Crippen LogP) is 3.00. The molecule has 0 atom stereocenters. The third-order valence-electron chi connectivity index (χ3n) is 3.83. The normalized spacial score (nSPS) is 16.2. The Balaban J connectivity index is 1.67. The second-order valence-corrected chi connectivity index (χ2v) is 5.34. The summed E-state index contributed by atoms with van der Waals surface area (Å²) in [5, 5.41) is 9.73. The highest BCUT2D eigenvalue weighted by Gasteiger charge is 2.14. The first-order chi connectivity index (χ1) is 10.2. The second kappa shape index (κ2) is 6.18. The van der Waals surface area contributed by atoms with E-state index in [1.807, 2.05) is 18.2 Å². The number of carboxylic acids is 1. The minimum absolute atomic E-state index is 0.0583. The first-order valence-electron chi connectivity index (χ1n) is 7.35. The summed E-state index contributed by atoms with van der Waals surface area (Å²) in [6, 6.07) is 7.01. The predicted molar refractivity (Wildman–Crippen MR) is 79.0 cm³/mol. The van der Waals surface area contributed by atoms with Crippen molar-refractivity contribution >= 4 is 16.9 Å². The molecule has 1 aliphatic rings. The lowest BCUT2D eigenvalue weighted by Crippen LogP contribution is -2.33. The van der Waals surface area contributed by atoms with Crippen molar-refractivity contribution in [1.29, 1.82) is 0 Å². The van der Waals surface area contributed by atoms with Gasteiger partial charge in [0.15, 0.2) is 11.3 Å². The quantitative estimate of drug-likeness (QED) is 0.916. The highest BCUT2D eigenvalue weighted by atomic mass is 16.5. The fourth-order valence-electron chi connectivity index (χ4n) is 2.72. The number of carboxylic acid groups (broad SMARTS) is 1. The number of furan rings is 1. The fourth-order valence-corrected chi connectivity index (χ4v) is 2.72. The molecule has 0 unspecified atom stereocenters. The Bertz CT molecular complexity index is 628. The van der Waals surface area contributed by atoms with Crippen molar-refractivity contribution in [2.24, 2.45) is 0 Å². The minimum atomic E-state index is -1.06. The van der Waals surface area contributed by atoms with Gasteiger partial charge in [0.2, 0.25) is 5.76 Å². The van der Waals surface area contributed by atoms with Gasteiger partial charge in [-0.05, 0) is 38.1 Å². The van der Waals surface area contributed by atoms with Crippen LogP contribution in [0.15, 0.2) is 28.7 Å². The summed E-state index contributed by atoms with van der Waals surface area (Å²) in [6.07, 6.45) is 3.84. The zero-order valence-corrected chi connectivity index (χ0v) is 11.9.